The molecule has 4 heteroatoms. The van der Waals surface area contributed by atoms with Gasteiger partial charge in [-0.2, -0.15) is 0 Å². The van der Waals surface area contributed by atoms with Crippen LogP contribution in [-0.4, -0.2) is 23.0 Å². The van der Waals surface area contributed by atoms with Crippen molar-refractivity contribution in [3.8, 4) is 0 Å². The van der Waals surface area contributed by atoms with Crippen LogP contribution in [0.4, 0.5) is 0 Å². The summed E-state index contributed by atoms with van der Waals surface area (Å²) in [6.07, 6.45) is 7.69. The highest BCUT2D eigenvalue weighted by Crippen LogP contribution is 2.28. The van der Waals surface area contributed by atoms with Gasteiger partial charge in [-0.15, -0.1) is 0 Å². The lowest BCUT2D eigenvalue weighted by molar-refractivity contribution is -0.141. The number of carbonyl (C=O) groups excluding carboxylic acids is 1. The number of carbonyl (C=O) groups is 2. The number of hydrogen-bond acceptors (Lipinski definition) is 2. The molecule has 0 bridgehead atoms. The van der Waals surface area contributed by atoms with E-state index in [2.05, 4.69) is 5.32 Å². The number of nitrogens with one attached hydrogen (secondary N) is 1. The Bertz CT molecular complexity index is 247. The Hall–Kier alpha value is -1.06. The van der Waals surface area contributed by atoms with Gasteiger partial charge in [0.15, 0.2) is 0 Å². The minimum Gasteiger partial charge on any atom is -0.480 e. The molecule has 0 aliphatic heterocycles. The molecule has 0 radical (unpaired) electrons. The summed E-state index contributed by atoms with van der Waals surface area (Å²) in [4.78, 5) is 21.9. The van der Waals surface area contributed by atoms with Crippen LogP contribution in [0, 0.1) is 5.92 Å². The molecule has 4 nitrogen and oxygen atoms in total. The van der Waals surface area contributed by atoms with E-state index in [-0.39, 0.29) is 5.91 Å². The Labute approximate surface area is 96.4 Å². The van der Waals surface area contributed by atoms with Crippen LogP contribution in [0.2, 0.25) is 0 Å². The lowest BCUT2D eigenvalue weighted by Crippen LogP contribution is -2.38. The third kappa shape index (κ3) is 4.64. The van der Waals surface area contributed by atoms with Crippen molar-refractivity contribution in [2.75, 3.05) is 0 Å². The first-order chi connectivity index (χ1) is 7.59. The van der Waals surface area contributed by atoms with E-state index in [1.165, 1.54) is 32.6 Å². The van der Waals surface area contributed by atoms with Crippen molar-refractivity contribution in [3.05, 3.63) is 0 Å². The summed E-state index contributed by atoms with van der Waals surface area (Å²) >= 11 is 0. The summed E-state index contributed by atoms with van der Waals surface area (Å²) in [5.74, 6) is -0.332. The molecular formula is C12H21NO3. The maximum absolute atomic E-state index is 11.4. The highest BCUT2D eigenvalue weighted by atomic mass is 16.4. The highest BCUT2D eigenvalue weighted by molar-refractivity contribution is 5.83. The predicted octanol–water partition coefficient (Wildman–Crippen LogP) is 1.94. The van der Waals surface area contributed by atoms with Gasteiger partial charge in [0.25, 0.3) is 0 Å². The zero-order chi connectivity index (χ0) is 12.0. The fraction of sp³-hybridized carbons (Fsp3) is 0.833. The number of rotatable bonds is 6. The number of aliphatic carboxylic acids is 1. The molecule has 0 aromatic carbocycles. The van der Waals surface area contributed by atoms with E-state index < -0.39 is 12.0 Å². The zero-order valence-corrected chi connectivity index (χ0v) is 9.87. The molecule has 1 amide bonds. The van der Waals surface area contributed by atoms with Gasteiger partial charge in [-0.25, -0.2) is 0 Å². The van der Waals surface area contributed by atoms with Crippen molar-refractivity contribution in [1.82, 2.24) is 5.32 Å². The fourth-order valence-corrected chi connectivity index (χ4v) is 2.23. The Morgan fingerprint density at radius 2 is 2.00 bits per heavy atom. The molecule has 2 N–H and O–H groups in total. The fourth-order valence-electron chi connectivity index (χ4n) is 2.23. The number of carboxylic acids is 1. The Kier molecular flexibility index (Phi) is 5.29. The van der Waals surface area contributed by atoms with Crippen molar-refractivity contribution in [1.29, 1.82) is 0 Å². The van der Waals surface area contributed by atoms with Gasteiger partial charge in [0, 0.05) is 6.42 Å². The summed E-state index contributed by atoms with van der Waals surface area (Å²) in [6.45, 7) is 1.48. The molecule has 0 spiro atoms. The second-order valence-corrected chi connectivity index (χ2v) is 4.67. The van der Waals surface area contributed by atoms with Crippen LogP contribution in [0.5, 0.6) is 0 Å². The average Bonchev–Trinajstić information content (AvgIpc) is 2.70. The maximum Gasteiger partial charge on any atom is 0.325 e. The van der Waals surface area contributed by atoms with Gasteiger partial charge >= 0.3 is 5.97 Å². The SMILES string of the molecule is CC(NC(=O)CCCC1CCCC1)C(=O)O. The van der Waals surface area contributed by atoms with Crippen LogP contribution in [0.15, 0.2) is 0 Å². The van der Waals surface area contributed by atoms with Crippen LogP contribution in [0.1, 0.15) is 51.9 Å². The first-order valence-corrected chi connectivity index (χ1v) is 6.11. The Morgan fingerprint density at radius 3 is 2.56 bits per heavy atom. The van der Waals surface area contributed by atoms with Crippen molar-refractivity contribution >= 4 is 11.9 Å². The van der Waals surface area contributed by atoms with E-state index in [0.29, 0.717) is 6.42 Å². The third-order valence-corrected chi connectivity index (χ3v) is 3.24. The minimum absolute atomic E-state index is 0.145. The zero-order valence-electron chi connectivity index (χ0n) is 9.87. The quantitative estimate of drug-likeness (QED) is 0.728. The maximum atomic E-state index is 11.4. The smallest absolute Gasteiger partial charge is 0.325 e. The highest BCUT2D eigenvalue weighted by Gasteiger charge is 2.16. The van der Waals surface area contributed by atoms with Gasteiger partial charge in [-0.3, -0.25) is 9.59 Å². The molecule has 1 aliphatic rings. The largest absolute Gasteiger partial charge is 0.480 e. The van der Waals surface area contributed by atoms with Gasteiger partial charge in [0.05, 0.1) is 0 Å². The van der Waals surface area contributed by atoms with Gasteiger partial charge in [-0.1, -0.05) is 25.7 Å². The first-order valence-electron chi connectivity index (χ1n) is 6.11. The topological polar surface area (TPSA) is 66.4 Å². The van der Waals surface area contributed by atoms with Crippen LogP contribution < -0.4 is 5.32 Å². The van der Waals surface area contributed by atoms with E-state index >= 15 is 0 Å². The van der Waals surface area contributed by atoms with Gasteiger partial charge in [-0.05, 0) is 25.7 Å². The molecule has 0 aromatic heterocycles. The number of amides is 1. The number of carboxylic acid groups (broad SMARTS) is 1. The second-order valence-electron chi connectivity index (χ2n) is 4.67. The van der Waals surface area contributed by atoms with Crippen LogP contribution in [0.25, 0.3) is 0 Å². The minimum atomic E-state index is -0.982. The van der Waals surface area contributed by atoms with E-state index in [9.17, 15) is 9.59 Å². The van der Waals surface area contributed by atoms with E-state index in [1.54, 1.807) is 0 Å². The average molecular weight is 227 g/mol. The normalized spacial score (nSPS) is 18.3. The Balaban J connectivity index is 2.07. The van der Waals surface area contributed by atoms with Crippen LogP contribution >= 0.6 is 0 Å². The Morgan fingerprint density at radius 1 is 1.38 bits per heavy atom. The molecule has 1 unspecified atom stereocenters. The summed E-state index contributed by atoms with van der Waals surface area (Å²) in [5, 5.41) is 11.1. The second kappa shape index (κ2) is 6.51. The van der Waals surface area contributed by atoms with Crippen LogP contribution in [-0.2, 0) is 9.59 Å². The molecule has 1 atom stereocenters. The van der Waals surface area contributed by atoms with Gasteiger partial charge in [0.1, 0.15) is 6.04 Å². The summed E-state index contributed by atoms with van der Waals surface area (Å²) in [6, 6.07) is -0.779. The van der Waals surface area contributed by atoms with Gasteiger partial charge in [0.2, 0.25) is 5.91 Å². The molecule has 1 saturated carbocycles. The number of hydrogen-bond donors (Lipinski definition) is 2. The van der Waals surface area contributed by atoms with E-state index in [4.69, 9.17) is 5.11 Å². The lowest BCUT2D eigenvalue weighted by atomic mass is 10.0. The van der Waals surface area contributed by atoms with Crippen molar-refractivity contribution in [2.45, 2.75) is 57.9 Å². The molecule has 16 heavy (non-hydrogen) atoms. The van der Waals surface area contributed by atoms with Crippen molar-refractivity contribution in [3.63, 3.8) is 0 Å². The summed E-state index contributed by atoms with van der Waals surface area (Å²) in [5.41, 5.74) is 0. The molecule has 1 aliphatic carbocycles. The van der Waals surface area contributed by atoms with Crippen molar-refractivity contribution in [2.24, 2.45) is 5.92 Å². The molecule has 0 aromatic rings. The molecule has 0 heterocycles. The summed E-state index contributed by atoms with van der Waals surface area (Å²) < 4.78 is 0. The molecular weight excluding hydrogens is 206 g/mol. The van der Waals surface area contributed by atoms with E-state index in [1.807, 2.05) is 0 Å². The van der Waals surface area contributed by atoms with Crippen LogP contribution in [0.3, 0.4) is 0 Å². The van der Waals surface area contributed by atoms with Gasteiger partial charge < -0.3 is 10.4 Å². The standard InChI is InChI=1S/C12H21NO3/c1-9(12(15)16)13-11(14)8-4-7-10-5-2-3-6-10/h9-10H,2-8H2,1H3,(H,13,14)(H,15,16). The van der Waals surface area contributed by atoms with Crippen molar-refractivity contribution < 1.29 is 14.7 Å². The monoisotopic (exact) mass is 227 g/mol. The van der Waals surface area contributed by atoms with E-state index in [0.717, 1.165) is 18.8 Å². The first kappa shape index (κ1) is 13.0. The molecule has 1 fully saturated rings. The predicted molar refractivity (Wildman–Crippen MR) is 61.0 cm³/mol. The molecule has 92 valence electrons. The lowest BCUT2D eigenvalue weighted by Gasteiger charge is -2.10. The summed E-state index contributed by atoms with van der Waals surface area (Å²) in [7, 11) is 0. The molecule has 1 rings (SSSR count). The molecule has 0 saturated heterocycles. The third-order valence-electron chi connectivity index (χ3n) is 3.24.